The van der Waals surface area contributed by atoms with Gasteiger partial charge in [-0.05, 0) is 36.8 Å². The minimum atomic E-state index is -0.618. The summed E-state index contributed by atoms with van der Waals surface area (Å²) in [6, 6.07) is 10.7. The summed E-state index contributed by atoms with van der Waals surface area (Å²) in [5.41, 5.74) is 3.47. The van der Waals surface area contributed by atoms with Gasteiger partial charge in [0.15, 0.2) is 0 Å². The van der Waals surface area contributed by atoms with Gasteiger partial charge in [-0.25, -0.2) is 9.82 Å². The minimum absolute atomic E-state index is 0.0665. The molecule has 1 amide bonds. The van der Waals surface area contributed by atoms with E-state index in [-0.39, 0.29) is 5.56 Å². The van der Waals surface area contributed by atoms with Crippen LogP contribution < -0.4 is 5.43 Å². The van der Waals surface area contributed by atoms with E-state index in [2.05, 4.69) is 10.5 Å². The fraction of sp³-hybridized carbons (Fsp3) is 0.0667. The molecule has 21 heavy (non-hydrogen) atoms. The predicted octanol–water partition coefficient (Wildman–Crippen LogP) is 4.29. The van der Waals surface area contributed by atoms with Crippen molar-refractivity contribution in [1.82, 2.24) is 5.43 Å². The molecule has 6 heteroatoms. The van der Waals surface area contributed by atoms with Gasteiger partial charge in [0.05, 0.1) is 21.3 Å². The van der Waals surface area contributed by atoms with Crippen molar-refractivity contribution < 1.29 is 9.18 Å². The van der Waals surface area contributed by atoms with Gasteiger partial charge in [0, 0.05) is 0 Å². The van der Waals surface area contributed by atoms with E-state index < -0.39 is 11.7 Å². The van der Waals surface area contributed by atoms with Crippen LogP contribution in [0.25, 0.3) is 0 Å². The third-order valence-electron chi connectivity index (χ3n) is 2.78. The molecule has 2 aromatic carbocycles. The van der Waals surface area contributed by atoms with Crippen LogP contribution >= 0.6 is 23.2 Å². The lowest BCUT2D eigenvalue weighted by atomic mass is 10.1. The molecular formula is C15H11Cl2FN2O. The van der Waals surface area contributed by atoms with Crippen molar-refractivity contribution in [3.05, 3.63) is 69.5 Å². The minimum Gasteiger partial charge on any atom is -0.267 e. The molecule has 2 rings (SSSR count). The molecular weight excluding hydrogens is 314 g/mol. The first-order valence-electron chi connectivity index (χ1n) is 6.03. The second-order valence-electron chi connectivity index (χ2n) is 4.25. The number of benzene rings is 2. The smallest absolute Gasteiger partial charge is 0.267 e. The van der Waals surface area contributed by atoms with E-state index in [9.17, 15) is 9.18 Å². The van der Waals surface area contributed by atoms with Crippen molar-refractivity contribution >= 4 is 34.8 Å². The first-order chi connectivity index (χ1) is 9.99. The number of nitrogens with one attached hydrogen (secondary N) is 1. The largest absolute Gasteiger partial charge is 0.274 e. The van der Waals surface area contributed by atoms with Gasteiger partial charge in [-0.1, -0.05) is 41.4 Å². The van der Waals surface area contributed by atoms with Crippen LogP contribution in [0, 0.1) is 5.82 Å². The highest BCUT2D eigenvalue weighted by Crippen LogP contribution is 2.22. The topological polar surface area (TPSA) is 41.5 Å². The standard InChI is InChI=1S/C15H11Cl2FN2O/c1-9(10-6-7-12(16)13(17)8-10)19-20-15(21)11-4-2-3-5-14(11)18/h2-8H,1H3,(H,20,21)/b19-9+. The molecule has 3 nitrogen and oxygen atoms in total. The highest BCUT2D eigenvalue weighted by atomic mass is 35.5. The maximum atomic E-state index is 13.4. The lowest BCUT2D eigenvalue weighted by Crippen LogP contribution is -2.20. The molecule has 108 valence electrons. The molecule has 0 spiro atoms. The lowest BCUT2D eigenvalue weighted by Gasteiger charge is -2.05. The zero-order chi connectivity index (χ0) is 15.4. The van der Waals surface area contributed by atoms with E-state index in [1.54, 1.807) is 31.2 Å². The fourth-order valence-electron chi connectivity index (χ4n) is 1.63. The molecule has 0 aromatic heterocycles. The number of hydrogen-bond donors (Lipinski definition) is 1. The number of carbonyl (C=O) groups is 1. The lowest BCUT2D eigenvalue weighted by molar-refractivity contribution is 0.0951. The van der Waals surface area contributed by atoms with Gasteiger partial charge < -0.3 is 0 Å². The molecule has 0 atom stereocenters. The summed E-state index contributed by atoms with van der Waals surface area (Å²) in [5, 5.41) is 4.76. The molecule has 0 unspecified atom stereocenters. The molecule has 0 aliphatic carbocycles. The monoisotopic (exact) mass is 324 g/mol. The fourth-order valence-corrected chi connectivity index (χ4v) is 1.92. The Hall–Kier alpha value is -1.91. The Morgan fingerprint density at radius 1 is 1.14 bits per heavy atom. The Morgan fingerprint density at radius 3 is 2.52 bits per heavy atom. The molecule has 0 bridgehead atoms. The normalized spacial score (nSPS) is 11.3. The zero-order valence-corrected chi connectivity index (χ0v) is 12.5. The van der Waals surface area contributed by atoms with Crippen molar-refractivity contribution in [3.63, 3.8) is 0 Å². The van der Waals surface area contributed by atoms with Gasteiger partial charge in [-0.15, -0.1) is 0 Å². The number of nitrogens with zero attached hydrogens (tertiary/aromatic N) is 1. The second kappa shape index (κ2) is 6.70. The summed E-state index contributed by atoms with van der Waals surface area (Å²) in [7, 11) is 0. The van der Waals surface area contributed by atoms with E-state index in [1.165, 1.54) is 18.2 Å². The molecule has 1 N–H and O–H groups in total. The van der Waals surface area contributed by atoms with Crippen molar-refractivity contribution in [2.75, 3.05) is 0 Å². The van der Waals surface area contributed by atoms with Gasteiger partial charge in [-0.2, -0.15) is 5.10 Å². The van der Waals surface area contributed by atoms with Gasteiger partial charge in [0.25, 0.3) is 5.91 Å². The molecule has 0 fully saturated rings. The highest BCUT2D eigenvalue weighted by Gasteiger charge is 2.10. The number of amides is 1. The van der Waals surface area contributed by atoms with Crippen LogP contribution in [-0.2, 0) is 0 Å². The quantitative estimate of drug-likeness (QED) is 0.664. The Labute approximate surface area is 131 Å². The summed E-state index contributed by atoms with van der Waals surface area (Å²) in [5.74, 6) is -1.22. The zero-order valence-electron chi connectivity index (χ0n) is 11.0. The SMILES string of the molecule is C/C(=N\NC(=O)c1ccccc1F)c1ccc(Cl)c(Cl)c1. The number of carbonyl (C=O) groups excluding carboxylic acids is 1. The first-order valence-corrected chi connectivity index (χ1v) is 6.79. The molecule has 0 heterocycles. The summed E-state index contributed by atoms with van der Waals surface area (Å²) < 4.78 is 13.4. The number of hydrogen-bond acceptors (Lipinski definition) is 2. The maximum absolute atomic E-state index is 13.4. The number of rotatable bonds is 3. The average Bonchev–Trinajstić information content (AvgIpc) is 2.47. The molecule has 0 saturated carbocycles. The third kappa shape index (κ3) is 3.80. The third-order valence-corrected chi connectivity index (χ3v) is 3.52. The van der Waals surface area contributed by atoms with Crippen LogP contribution in [-0.4, -0.2) is 11.6 Å². The van der Waals surface area contributed by atoms with E-state index in [0.29, 0.717) is 21.3 Å². The molecule has 0 aliphatic heterocycles. The Bertz CT molecular complexity index is 717. The number of hydrazone groups is 1. The maximum Gasteiger partial charge on any atom is 0.274 e. The molecule has 0 saturated heterocycles. The number of halogens is 3. The summed E-state index contributed by atoms with van der Waals surface area (Å²) in [4.78, 5) is 11.8. The van der Waals surface area contributed by atoms with Crippen molar-refractivity contribution in [2.24, 2.45) is 5.10 Å². The van der Waals surface area contributed by atoms with Gasteiger partial charge in [0.2, 0.25) is 0 Å². The van der Waals surface area contributed by atoms with Gasteiger partial charge in [0.1, 0.15) is 5.82 Å². The Morgan fingerprint density at radius 2 is 1.86 bits per heavy atom. The van der Waals surface area contributed by atoms with Gasteiger partial charge in [-0.3, -0.25) is 4.79 Å². The van der Waals surface area contributed by atoms with E-state index in [1.807, 2.05) is 0 Å². The average molecular weight is 325 g/mol. The van der Waals surface area contributed by atoms with Gasteiger partial charge >= 0.3 is 0 Å². The summed E-state index contributed by atoms with van der Waals surface area (Å²) >= 11 is 11.7. The van der Waals surface area contributed by atoms with Crippen molar-refractivity contribution in [3.8, 4) is 0 Å². The molecule has 2 aromatic rings. The van der Waals surface area contributed by atoms with Crippen LogP contribution in [0.5, 0.6) is 0 Å². The van der Waals surface area contributed by atoms with Crippen LogP contribution in [0.3, 0.4) is 0 Å². The predicted molar refractivity (Wildman–Crippen MR) is 82.5 cm³/mol. The van der Waals surface area contributed by atoms with Crippen LogP contribution in [0.1, 0.15) is 22.8 Å². The Kier molecular flexibility index (Phi) is 4.94. The summed E-state index contributed by atoms with van der Waals surface area (Å²) in [6.07, 6.45) is 0. The highest BCUT2D eigenvalue weighted by molar-refractivity contribution is 6.42. The summed E-state index contributed by atoms with van der Waals surface area (Å²) in [6.45, 7) is 1.70. The van der Waals surface area contributed by atoms with Crippen molar-refractivity contribution in [1.29, 1.82) is 0 Å². The van der Waals surface area contributed by atoms with Crippen LogP contribution in [0.4, 0.5) is 4.39 Å². The van der Waals surface area contributed by atoms with Crippen molar-refractivity contribution in [2.45, 2.75) is 6.92 Å². The van der Waals surface area contributed by atoms with Crippen LogP contribution in [0.15, 0.2) is 47.6 Å². The molecule has 0 radical (unpaired) electrons. The van der Waals surface area contributed by atoms with Crippen LogP contribution in [0.2, 0.25) is 10.0 Å². The van der Waals surface area contributed by atoms with E-state index in [4.69, 9.17) is 23.2 Å². The van der Waals surface area contributed by atoms with E-state index in [0.717, 1.165) is 0 Å². The Balaban J connectivity index is 2.15. The first kappa shape index (κ1) is 15.5. The second-order valence-corrected chi connectivity index (χ2v) is 5.06. The van der Waals surface area contributed by atoms with E-state index >= 15 is 0 Å². The molecule has 0 aliphatic rings.